The molecule has 1 aliphatic rings. The number of esters is 1. The van der Waals surface area contributed by atoms with Gasteiger partial charge in [0.25, 0.3) is 0 Å². The van der Waals surface area contributed by atoms with Crippen molar-refractivity contribution in [3.8, 4) is 5.75 Å². The molecule has 1 amide bonds. The zero-order valence-corrected chi connectivity index (χ0v) is 18.0. The van der Waals surface area contributed by atoms with Crippen LogP contribution in [0.2, 0.25) is 5.02 Å². The number of thioether (sulfide) groups is 1. The van der Waals surface area contributed by atoms with Gasteiger partial charge in [-0.05, 0) is 36.4 Å². The van der Waals surface area contributed by atoms with Gasteiger partial charge in [-0.25, -0.2) is 4.99 Å². The van der Waals surface area contributed by atoms with Gasteiger partial charge in [-0.3, -0.25) is 9.59 Å². The summed E-state index contributed by atoms with van der Waals surface area (Å²) in [6, 6.07) is 12.5. The lowest BCUT2D eigenvalue weighted by Gasteiger charge is -2.09. The van der Waals surface area contributed by atoms with Crippen molar-refractivity contribution in [2.75, 3.05) is 30.6 Å². The third-order valence-corrected chi connectivity index (χ3v) is 5.28. The van der Waals surface area contributed by atoms with E-state index in [0.717, 1.165) is 11.4 Å². The summed E-state index contributed by atoms with van der Waals surface area (Å²) in [6.45, 7) is 0. The van der Waals surface area contributed by atoms with Crippen LogP contribution >= 0.6 is 23.4 Å². The minimum Gasteiger partial charge on any atom is -0.495 e. The molecule has 0 radical (unpaired) electrons. The number of ether oxygens (including phenoxy) is 2. The van der Waals surface area contributed by atoms with Crippen LogP contribution in [0.3, 0.4) is 0 Å². The van der Waals surface area contributed by atoms with E-state index in [1.807, 2.05) is 24.3 Å². The molecule has 0 spiro atoms. The maximum Gasteiger partial charge on any atom is 0.311 e. The van der Waals surface area contributed by atoms with Crippen LogP contribution in [0.25, 0.3) is 0 Å². The molecule has 0 saturated heterocycles. The molecule has 0 unspecified atom stereocenters. The number of nitrogens with one attached hydrogen (secondary N) is 2. The number of hydrogen-bond donors (Lipinski definition) is 2. The van der Waals surface area contributed by atoms with Crippen LogP contribution in [0.15, 0.2) is 59.2 Å². The Morgan fingerprint density at radius 2 is 2.00 bits per heavy atom. The number of rotatable bonds is 6. The van der Waals surface area contributed by atoms with Crippen LogP contribution in [0, 0.1) is 0 Å². The minimum absolute atomic E-state index is 0.0704. The molecular weight excluding hydrogens is 426 g/mol. The molecule has 156 valence electrons. The lowest BCUT2D eigenvalue weighted by molar-refractivity contribution is -0.139. The fourth-order valence-electron chi connectivity index (χ4n) is 2.66. The Morgan fingerprint density at radius 1 is 1.20 bits per heavy atom. The number of amides is 1. The van der Waals surface area contributed by atoms with Crippen LogP contribution in [-0.2, 0) is 14.3 Å². The summed E-state index contributed by atoms with van der Waals surface area (Å²) in [5.41, 5.74) is 2.71. The number of aliphatic imine (C=N–C) groups is 1. The molecule has 0 atom stereocenters. The number of carbonyl (C=O) groups is 2. The van der Waals surface area contributed by atoms with Crippen LogP contribution in [-0.4, -0.2) is 36.9 Å². The quantitative estimate of drug-likeness (QED) is 0.630. The predicted molar refractivity (Wildman–Crippen MR) is 121 cm³/mol. The van der Waals surface area contributed by atoms with E-state index >= 15 is 0 Å². The van der Waals surface area contributed by atoms with E-state index in [2.05, 4.69) is 15.6 Å². The van der Waals surface area contributed by atoms with Crippen molar-refractivity contribution < 1.29 is 19.1 Å². The lowest BCUT2D eigenvalue weighted by Crippen LogP contribution is -2.15. The zero-order chi connectivity index (χ0) is 21.5. The van der Waals surface area contributed by atoms with E-state index < -0.39 is 0 Å². The molecule has 1 heterocycles. The number of benzene rings is 2. The third-order valence-electron chi connectivity index (χ3n) is 4.08. The Balaban J connectivity index is 1.70. The summed E-state index contributed by atoms with van der Waals surface area (Å²) in [7, 11) is 2.87. The first-order valence-electron chi connectivity index (χ1n) is 8.97. The fraction of sp³-hybridized carbons (Fsp3) is 0.190. The molecule has 1 aliphatic heterocycles. The summed E-state index contributed by atoms with van der Waals surface area (Å²) in [5.74, 6) is 0.0855. The van der Waals surface area contributed by atoms with E-state index in [1.54, 1.807) is 24.3 Å². The Hall–Kier alpha value is -2.97. The van der Waals surface area contributed by atoms with Crippen LogP contribution in [0.5, 0.6) is 5.75 Å². The Morgan fingerprint density at radius 3 is 2.73 bits per heavy atom. The van der Waals surface area contributed by atoms with Gasteiger partial charge >= 0.3 is 5.97 Å². The second-order valence-electron chi connectivity index (χ2n) is 6.20. The Kier molecular flexibility index (Phi) is 7.37. The smallest absolute Gasteiger partial charge is 0.311 e. The maximum absolute atomic E-state index is 12.4. The molecular formula is C21H20ClN3O4S. The lowest BCUT2D eigenvalue weighted by atomic mass is 10.2. The average molecular weight is 446 g/mol. The summed E-state index contributed by atoms with van der Waals surface area (Å²) in [6.07, 6.45) is 1.82. The highest BCUT2D eigenvalue weighted by Gasteiger charge is 2.15. The highest BCUT2D eigenvalue weighted by atomic mass is 35.5. The molecule has 2 aromatic rings. The Labute approximate surface area is 183 Å². The summed E-state index contributed by atoms with van der Waals surface area (Å²) < 4.78 is 9.87. The minimum atomic E-state index is -0.369. The van der Waals surface area contributed by atoms with E-state index in [9.17, 15) is 9.59 Å². The third kappa shape index (κ3) is 5.77. The number of halogens is 1. The highest BCUT2D eigenvalue weighted by molar-refractivity contribution is 8.14. The average Bonchev–Trinajstić information content (AvgIpc) is 2.90. The molecule has 0 aromatic heterocycles. The van der Waals surface area contributed by atoms with Crippen molar-refractivity contribution >= 4 is 57.3 Å². The van der Waals surface area contributed by atoms with Gasteiger partial charge in [0, 0.05) is 11.4 Å². The molecule has 0 bridgehead atoms. The van der Waals surface area contributed by atoms with E-state index in [0.29, 0.717) is 27.2 Å². The van der Waals surface area contributed by atoms with Crippen molar-refractivity contribution in [2.24, 2.45) is 4.99 Å². The number of anilines is 2. The van der Waals surface area contributed by atoms with Crippen molar-refractivity contribution in [3.05, 3.63) is 59.3 Å². The SMILES string of the molecule is COC(=O)CC1=CC(SCC(=O)Nc2ccc(OC)c(Cl)c2)=Nc2ccccc2N1. The van der Waals surface area contributed by atoms with Crippen molar-refractivity contribution in [2.45, 2.75) is 6.42 Å². The predicted octanol–water partition coefficient (Wildman–Crippen LogP) is 4.62. The standard InChI is InChI=1S/C21H20ClN3O4S/c1-28-18-8-7-13(9-15(18)22)24-19(26)12-30-20-10-14(11-21(27)29-2)23-16-5-3-4-6-17(16)25-20/h3-10,23H,11-12H2,1-2H3,(H,24,26). The second-order valence-corrected chi connectivity index (χ2v) is 7.60. The van der Waals surface area contributed by atoms with E-state index in [4.69, 9.17) is 21.1 Å². The molecule has 2 N–H and O–H groups in total. The first-order valence-corrected chi connectivity index (χ1v) is 10.3. The molecule has 0 aliphatic carbocycles. The number of hydrogen-bond acceptors (Lipinski definition) is 7. The molecule has 9 heteroatoms. The van der Waals surface area contributed by atoms with Crippen molar-refractivity contribution in [3.63, 3.8) is 0 Å². The number of fused-ring (bicyclic) bond motifs is 1. The normalized spacial score (nSPS) is 12.5. The molecule has 2 aromatic carbocycles. The van der Waals surface area contributed by atoms with Gasteiger partial charge in [0.15, 0.2) is 0 Å². The van der Waals surface area contributed by atoms with E-state index in [1.165, 1.54) is 26.0 Å². The molecule has 7 nitrogen and oxygen atoms in total. The van der Waals surface area contributed by atoms with Crippen molar-refractivity contribution in [1.29, 1.82) is 0 Å². The van der Waals surface area contributed by atoms with Gasteiger partial charge in [0.2, 0.25) is 5.91 Å². The second kappa shape index (κ2) is 10.2. The molecule has 0 fully saturated rings. The molecule has 3 rings (SSSR count). The number of para-hydroxylation sites is 2. The van der Waals surface area contributed by atoms with E-state index in [-0.39, 0.29) is 24.1 Å². The Bertz CT molecular complexity index is 1020. The van der Waals surface area contributed by atoms with Gasteiger partial charge < -0.3 is 20.1 Å². The summed E-state index contributed by atoms with van der Waals surface area (Å²) in [4.78, 5) is 28.7. The first-order chi connectivity index (χ1) is 14.5. The van der Waals surface area contributed by atoms with Gasteiger partial charge in [-0.1, -0.05) is 35.5 Å². The number of methoxy groups -OCH3 is 2. The van der Waals surface area contributed by atoms with Crippen LogP contribution < -0.4 is 15.4 Å². The summed E-state index contributed by atoms with van der Waals surface area (Å²) in [5, 5.41) is 7.02. The van der Waals surface area contributed by atoms with Crippen LogP contribution in [0.4, 0.5) is 17.1 Å². The largest absolute Gasteiger partial charge is 0.495 e. The fourth-order valence-corrected chi connectivity index (χ4v) is 3.66. The topological polar surface area (TPSA) is 89.0 Å². The van der Waals surface area contributed by atoms with Gasteiger partial charge in [-0.15, -0.1) is 0 Å². The number of nitrogens with zero attached hydrogens (tertiary/aromatic N) is 1. The zero-order valence-electron chi connectivity index (χ0n) is 16.4. The van der Waals surface area contributed by atoms with Gasteiger partial charge in [-0.2, -0.15) is 0 Å². The monoisotopic (exact) mass is 445 g/mol. The highest BCUT2D eigenvalue weighted by Crippen LogP contribution is 2.31. The first kappa shape index (κ1) is 21.7. The van der Waals surface area contributed by atoms with Crippen LogP contribution in [0.1, 0.15) is 6.42 Å². The number of carbonyl (C=O) groups excluding carboxylic acids is 2. The summed E-state index contributed by atoms with van der Waals surface area (Å²) >= 11 is 7.36. The van der Waals surface area contributed by atoms with Gasteiger partial charge in [0.1, 0.15) is 5.75 Å². The maximum atomic E-state index is 12.4. The molecule has 0 saturated carbocycles. The van der Waals surface area contributed by atoms with Gasteiger partial charge in [0.05, 0.1) is 47.8 Å². The molecule has 30 heavy (non-hydrogen) atoms. The van der Waals surface area contributed by atoms with Crippen molar-refractivity contribution in [1.82, 2.24) is 0 Å².